The van der Waals surface area contributed by atoms with Gasteiger partial charge in [-0.15, -0.1) is 0 Å². The third-order valence-electron chi connectivity index (χ3n) is 4.18. The highest BCUT2D eigenvalue weighted by molar-refractivity contribution is 5.97. The number of hydrogen-bond acceptors (Lipinski definition) is 4. The Bertz CT molecular complexity index is 1150. The molecule has 0 radical (unpaired) electrons. The molecule has 0 saturated heterocycles. The molecule has 1 amide bonds. The summed E-state index contributed by atoms with van der Waals surface area (Å²) >= 11 is 0. The number of hydrogen-bond donors (Lipinski definition) is 2. The first-order valence-corrected chi connectivity index (χ1v) is 8.56. The first-order chi connectivity index (χ1) is 12.1. The molecular weight excluding hydrogens is 330 g/mol. The van der Waals surface area contributed by atoms with E-state index in [0.717, 1.165) is 5.56 Å². The summed E-state index contributed by atoms with van der Waals surface area (Å²) in [7, 11) is 0. The smallest absolute Gasteiger partial charge is 0.267 e. The Morgan fingerprint density at radius 1 is 1.31 bits per heavy atom. The summed E-state index contributed by atoms with van der Waals surface area (Å²) in [5.41, 5.74) is 1.37. The molecule has 0 aliphatic rings. The fraction of sp³-hybridized carbons (Fsp3) is 0.368. The molecule has 0 fully saturated rings. The molecule has 0 spiro atoms. The minimum atomic E-state index is -0.441. The predicted molar refractivity (Wildman–Crippen MR) is 100 cm³/mol. The number of carbonyl (C=O) groups is 1. The van der Waals surface area contributed by atoms with Crippen LogP contribution in [0, 0.1) is 12.3 Å². The minimum Gasteiger partial charge on any atom is -0.347 e. The van der Waals surface area contributed by atoms with Crippen LogP contribution in [-0.2, 0) is 6.54 Å². The number of pyridine rings is 2. The molecular formula is C19H23N5O2. The lowest BCUT2D eigenvalue weighted by Crippen LogP contribution is -2.43. The fourth-order valence-electron chi connectivity index (χ4n) is 2.99. The van der Waals surface area contributed by atoms with Crippen molar-refractivity contribution in [2.45, 2.75) is 46.7 Å². The summed E-state index contributed by atoms with van der Waals surface area (Å²) in [6, 6.07) is 5.16. The molecule has 3 aromatic rings. The molecule has 0 atom stereocenters. The van der Waals surface area contributed by atoms with Crippen LogP contribution in [0.2, 0.25) is 0 Å². The normalized spacial score (nSPS) is 11.9. The third-order valence-corrected chi connectivity index (χ3v) is 4.18. The summed E-state index contributed by atoms with van der Waals surface area (Å²) < 4.78 is 3.08. The van der Waals surface area contributed by atoms with Crippen molar-refractivity contribution in [1.82, 2.24) is 19.3 Å². The van der Waals surface area contributed by atoms with E-state index in [9.17, 15) is 9.59 Å². The van der Waals surface area contributed by atoms with Crippen molar-refractivity contribution < 1.29 is 4.79 Å². The molecule has 26 heavy (non-hydrogen) atoms. The van der Waals surface area contributed by atoms with Crippen LogP contribution >= 0.6 is 0 Å². The maximum atomic E-state index is 13.0. The van der Waals surface area contributed by atoms with Crippen LogP contribution in [-0.4, -0.2) is 25.4 Å². The maximum absolute atomic E-state index is 13.0. The van der Waals surface area contributed by atoms with Gasteiger partial charge in [0.2, 0.25) is 0 Å². The van der Waals surface area contributed by atoms with Crippen LogP contribution in [0.4, 0.5) is 0 Å². The van der Waals surface area contributed by atoms with Crippen molar-refractivity contribution >= 4 is 22.6 Å². The molecule has 0 aliphatic heterocycles. The molecule has 0 aromatic carbocycles. The van der Waals surface area contributed by atoms with Gasteiger partial charge >= 0.3 is 0 Å². The molecule has 0 aliphatic carbocycles. The number of amides is 1. The van der Waals surface area contributed by atoms with Crippen LogP contribution in [0.3, 0.4) is 0 Å². The number of aryl methyl sites for hydroxylation is 2. The van der Waals surface area contributed by atoms with Crippen molar-refractivity contribution in [2.75, 3.05) is 0 Å². The summed E-state index contributed by atoms with van der Waals surface area (Å²) in [5, 5.41) is 11.6. The van der Waals surface area contributed by atoms with E-state index in [1.165, 1.54) is 10.5 Å². The van der Waals surface area contributed by atoms with Crippen LogP contribution < -0.4 is 16.4 Å². The minimum absolute atomic E-state index is 0.0478. The highest BCUT2D eigenvalue weighted by Crippen LogP contribution is 2.13. The molecule has 136 valence electrons. The molecule has 0 bridgehead atoms. The lowest BCUT2D eigenvalue weighted by molar-refractivity contribution is 0.0917. The Kier molecular flexibility index (Phi) is 4.18. The standard InChI is InChI=1S/C19H23N5O2/c1-6-23-14(20)12(17(25)22-19(3,4)5)10-13-16(23)21-15-11(2)8-7-9-24(15)18(13)26/h7-10,20H,6H2,1-5H3,(H,22,25). The second-order valence-corrected chi connectivity index (χ2v) is 7.39. The number of nitrogens with one attached hydrogen (secondary N) is 2. The van der Waals surface area contributed by atoms with Crippen molar-refractivity contribution in [3.05, 3.63) is 51.4 Å². The Hall–Kier alpha value is -2.96. The van der Waals surface area contributed by atoms with E-state index in [2.05, 4.69) is 10.3 Å². The van der Waals surface area contributed by atoms with Gasteiger partial charge in [0, 0.05) is 18.3 Å². The van der Waals surface area contributed by atoms with Gasteiger partial charge in [-0.1, -0.05) is 6.07 Å². The first kappa shape index (κ1) is 17.8. The second-order valence-electron chi connectivity index (χ2n) is 7.39. The molecule has 0 saturated carbocycles. The Morgan fingerprint density at radius 2 is 2.00 bits per heavy atom. The summed E-state index contributed by atoms with van der Waals surface area (Å²) in [6.45, 7) is 9.80. The SMILES string of the molecule is CCn1c(=N)c(C(=O)NC(C)(C)C)cc2c(=O)n3cccc(C)c3nc21. The largest absolute Gasteiger partial charge is 0.347 e. The lowest BCUT2D eigenvalue weighted by atomic mass is 10.1. The van der Waals surface area contributed by atoms with Gasteiger partial charge in [-0.3, -0.25) is 19.4 Å². The highest BCUT2D eigenvalue weighted by atomic mass is 16.2. The van der Waals surface area contributed by atoms with Crippen LogP contribution in [0.25, 0.3) is 16.7 Å². The molecule has 7 nitrogen and oxygen atoms in total. The van der Waals surface area contributed by atoms with Gasteiger partial charge in [0.15, 0.2) is 0 Å². The van der Waals surface area contributed by atoms with Crippen molar-refractivity contribution in [3.8, 4) is 0 Å². The average Bonchev–Trinajstić information content (AvgIpc) is 2.54. The van der Waals surface area contributed by atoms with E-state index in [1.807, 2.05) is 40.7 Å². The number of fused-ring (bicyclic) bond motifs is 2. The fourth-order valence-corrected chi connectivity index (χ4v) is 2.99. The average molecular weight is 353 g/mol. The van der Waals surface area contributed by atoms with Crippen LogP contribution in [0.1, 0.15) is 43.6 Å². The molecule has 0 unspecified atom stereocenters. The van der Waals surface area contributed by atoms with E-state index in [-0.39, 0.29) is 22.5 Å². The van der Waals surface area contributed by atoms with Gasteiger partial charge in [-0.05, 0) is 52.3 Å². The zero-order valence-electron chi connectivity index (χ0n) is 15.7. The lowest BCUT2D eigenvalue weighted by Gasteiger charge is -2.21. The van der Waals surface area contributed by atoms with Gasteiger partial charge in [-0.2, -0.15) is 0 Å². The van der Waals surface area contributed by atoms with Crippen LogP contribution in [0.5, 0.6) is 0 Å². The topological polar surface area (TPSA) is 92.2 Å². The Balaban J connectivity index is 2.42. The Morgan fingerprint density at radius 3 is 2.62 bits per heavy atom. The second kappa shape index (κ2) is 6.09. The number of nitrogens with zero attached hydrogens (tertiary/aromatic N) is 3. The van der Waals surface area contributed by atoms with Gasteiger partial charge in [0.1, 0.15) is 16.8 Å². The van der Waals surface area contributed by atoms with E-state index in [4.69, 9.17) is 5.41 Å². The van der Waals surface area contributed by atoms with Crippen molar-refractivity contribution in [2.24, 2.45) is 0 Å². The molecule has 3 rings (SSSR count). The van der Waals surface area contributed by atoms with E-state index < -0.39 is 5.54 Å². The third kappa shape index (κ3) is 2.89. The summed E-state index contributed by atoms with van der Waals surface area (Å²) in [5.74, 6) is -0.375. The number of aromatic nitrogens is 3. The zero-order chi connectivity index (χ0) is 19.2. The zero-order valence-corrected chi connectivity index (χ0v) is 15.7. The predicted octanol–water partition coefficient (Wildman–Crippen LogP) is 1.99. The molecule has 7 heteroatoms. The molecule has 3 heterocycles. The van der Waals surface area contributed by atoms with Gasteiger partial charge < -0.3 is 9.88 Å². The van der Waals surface area contributed by atoms with Crippen molar-refractivity contribution in [3.63, 3.8) is 0 Å². The maximum Gasteiger partial charge on any atom is 0.267 e. The molecule has 2 N–H and O–H groups in total. The highest BCUT2D eigenvalue weighted by Gasteiger charge is 2.20. The number of carbonyl (C=O) groups excluding carboxylic acids is 1. The first-order valence-electron chi connectivity index (χ1n) is 8.56. The Labute approximate surface area is 150 Å². The number of rotatable bonds is 2. The van der Waals surface area contributed by atoms with E-state index in [1.54, 1.807) is 16.8 Å². The van der Waals surface area contributed by atoms with Gasteiger partial charge in [0.25, 0.3) is 11.5 Å². The molecule has 3 aromatic heterocycles. The van der Waals surface area contributed by atoms with Crippen molar-refractivity contribution in [1.29, 1.82) is 5.41 Å². The summed E-state index contributed by atoms with van der Waals surface area (Å²) in [4.78, 5) is 30.3. The monoisotopic (exact) mass is 353 g/mol. The van der Waals surface area contributed by atoms with Gasteiger partial charge in [0.05, 0.1) is 10.9 Å². The summed E-state index contributed by atoms with van der Waals surface area (Å²) in [6.07, 6.45) is 1.66. The van der Waals surface area contributed by atoms with Gasteiger partial charge in [-0.25, -0.2) is 4.98 Å². The van der Waals surface area contributed by atoms with E-state index in [0.29, 0.717) is 23.2 Å². The van der Waals surface area contributed by atoms with Crippen LogP contribution in [0.15, 0.2) is 29.2 Å². The van der Waals surface area contributed by atoms with E-state index >= 15 is 0 Å². The quantitative estimate of drug-likeness (QED) is 0.690.